The summed E-state index contributed by atoms with van der Waals surface area (Å²) in [6, 6.07) is 5.27. The molecule has 2 fully saturated rings. The Morgan fingerprint density at radius 1 is 1.17 bits per heavy atom. The lowest BCUT2D eigenvalue weighted by atomic mass is 9.84. The maximum Gasteiger partial charge on any atom is 0.325 e. The number of rotatable bonds is 8. The van der Waals surface area contributed by atoms with Gasteiger partial charge < -0.3 is 10.2 Å². The van der Waals surface area contributed by atoms with Crippen LogP contribution in [0, 0.1) is 5.82 Å². The fraction of sp³-hybridized carbons (Fsp3) is 0.609. The zero-order chi connectivity index (χ0) is 21.7. The largest absolute Gasteiger partial charge is 0.338 e. The number of amides is 4. The van der Waals surface area contributed by atoms with Crippen LogP contribution in [0.5, 0.6) is 0 Å². The van der Waals surface area contributed by atoms with Gasteiger partial charge in [-0.1, -0.05) is 51.2 Å². The summed E-state index contributed by atoms with van der Waals surface area (Å²) in [5, 5.41) is 2.82. The summed E-state index contributed by atoms with van der Waals surface area (Å²) < 4.78 is 13.4. The minimum absolute atomic E-state index is 0.180. The average molecular weight is 418 g/mol. The molecule has 1 heterocycles. The first-order valence-electron chi connectivity index (χ1n) is 11.1. The number of nitrogens with one attached hydrogen (secondary N) is 1. The van der Waals surface area contributed by atoms with Gasteiger partial charge in [-0.05, 0) is 43.9 Å². The monoisotopic (exact) mass is 417 g/mol. The van der Waals surface area contributed by atoms with Crippen molar-refractivity contribution in [1.82, 2.24) is 15.1 Å². The molecule has 0 unspecified atom stereocenters. The van der Waals surface area contributed by atoms with E-state index < -0.39 is 23.3 Å². The standard InChI is InChI=1S/C23H32FN3O3/c1-3-5-15-23(17-11-13-18(24)14-12-17)21(29)27(22(30)25-23)16-20(28)26(4-2)19-9-7-6-8-10-19/h11-14,19H,3-10,15-16H2,1-2H3,(H,25,30)/t23-/m0/s1. The zero-order valence-electron chi connectivity index (χ0n) is 18.0. The molecule has 0 bridgehead atoms. The molecule has 4 amide bonds. The average Bonchev–Trinajstić information content (AvgIpc) is 2.99. The van der Waals surface area contributed by atoms with Gasteiger partial charge in [0.2, 0.25) is 5.91 Å². The predicted molar refractivity (Wildman–Crippen MR) is 112 cm³/mol. The second-order valence-electron chi connectivity index (χ2n) is 8.31. The summed E-state index contributed by atoms with van der Waals surface area (Å²) in [5.74, 6) is -1.03. The number of benzene rings is 1. The van der Waals surface area contributed by atoms with Crippen LogP contribution in [0.4, 0.5) is 9.18 Å². The molecule has 1 atom stereocenters. The Morgan fingerprint density at radius 2 is 1.83 bits per heavy atom. The Labute approximate surface area is 177 Å². The van der Waals surface area contributed by atoms with Crippen molar-refractivity contribution in [3.05, 3.63) is 35.6 Å². The third-order valence-electron chi connectivity index (χ3n) is 6.39. The van der Waals surface area contributed by atoms with Crippen molar-refractivity contribution >= 4 is 17.8 Å². The summed E-state index contributed by atoms with van der Waals surface area (Å²) in [6.45, 7) is 4.24. The number of likely N-dealkylation sites (N-methyl/N-ethyl adjacent to an activating group) is 1. The number of carbonyl (C=O) groups is 3. The van der Waals surface area contributed by atoms with Gasteiger partial charge in [-0.25, -0.2) is 9.18 Å². The normalized spacial score (nSPS) is 22.3. The Kier molecular flexibility index (Phi) is 7.10. The fourth-order valence-electron chi connectivity index (χ4n) is 4.71. The molecule has 1 saturated carbocycles. The van der Waals surface area contributed by atoms with E-state index in [0.29, 0.717) is 24.9 Å². The van der Waals surface area contributed by atoms with Crippen LogP contribution in [0.2, 0.25) is 0 Å². The van der Waals surface area contributed by atoms with Crippen molar-refractivity contribution in [2.75, 3.05) is 13.1 Å². The van der Waals surface area contributed by atoms with Crippen molar-refractivity contribution in [3.63, 3.8) is 0 Å². The summed E-state index contributed by atoms with van der Waals surface area (Å²) in [4.78, 5) is 42.1. The first-order chi connectivity index (χ1) is 14.4. The number of carbonyl (C=O) groups excluding carboxylic acids is 3. The highest BCUT2D eigenvalue weighted by atomic mass is 19.1. The zero-order valence-corrected chi connectivity index (χ0v) is 18.0. The van der Waals surface area contributed by atoms with Crippen molar-refractivity contribution in [2.24, 2.45) is 0 Å². The maximum atomic E-state index is 13.4. The van der Waals surface area contributed by atoms with Gasteiger partial charge in [-0.2, -0.15) is 0 Å². The quantitative estimate of drug-likeness (QED) is 0.651. The third kappa shape index (κ3) is 4.35. The molecular weight excluding hydrogens is 385 g/mol. The van der Waals surface area contributed by atoms with Crippen molar-refractivity contribution in [2.45, 2.75) is 76.8 Å². The van der Waals surface area contributed by atoms with Crippen molar-refractivity contribution in [3.8, 4) is 0 Å². The molecule has 1 aliphatic carbocycles. The fourth-order valence-corrected chi connectivity index (χ4v) is 4.71. The molecule has 3 rings (SSSR count). The van der Waals surface area contributed by atoms with Crippen molar-refractivity contribution < 1.29 is 18.8 Å². The Bertz CT molecular complexity index is 776. The van der Waals surface area contributed by atoms with Crippen molar-refractivity contribution in [1.29, 1.82) is 0 Å². The van der Waals surface area contributed by atoms with E-state index in [-0.39, 0.29) is 18.5 Å². The van der Waals surface area contributed by atoms with Crippen LogP contribution < -0.4 is 5.32 Å². The summed E-state index contributed by atoms with van der Waals surface area (Å²) >= 11 is 0. The molecule has 7 heteroatoms. The van der Waals surface area contributed by atoms with Gasteiger partial charge in [0.25, 0.3) is 5.91 Å². The number of imide groups is 1. The lowest BCUT2D eigenvalue weighted by molar-refractivity contribution is -0.141. The molecule has 1 N–H and O–H groups in total. The first-order valence-corrected chi connectivity index (χ1v) is 11.1. The Balaban J connectivity index is 1.82. The molecule has 0 aromatic heterocycles. The van der Waals surface area contributed by atoms with Crippen LogP contribution in [0.1, 0.15) is 70.8 Å². The minimum atomic E-state index is -1.25. The molecule has 164 valence electrons. The Hall–Kier alpha value is -2.44. The Morgan fingerprint density at radius 3 is 2.43 bits per heavy atom. The van der Waals surface area contributed by atoms with Gasteiger partial charge in [0.1, 0.15) is 17.9 Å². The van der Waals surface area contributed by atoms with Crippen LogP contribution in [0.25, 0.3) is 0 Å². The molecule has 30 heavy (non-hydrogen) atoms. The number of hydrogen-bond donors (Lipinski definition) is 1. The molecule has 2 aliphatic rings. The van der Waals surface area contributed by atoms with E-state index in [2.05, 4.69) is 5.32 Å². The van der Waals surface area contributed by atoms with Gasteiger partial charge in [0.05, 0.1) is 0 Å². The highest BCUT2D eigenvalue weighted by Crippen LogP contribution is 2.34. The van der Waals surface area contributed by atoms with Gasteiger partial charge >= 0.3 is 6.03 Å². The van der Waals surface area contributed by atoms with Gasteiger partial charge in [0.15, 0.2) is 0 Å². The van der Waals surface area contributed by atoms with Gasteiger partial charge in [0, 0.05) is 12.6 Å². The molecule has 0 radical (unpaired) electrons. The van der Waals surface area contributed by atoms with E-state index in [1.54, 1.807) is 0 Å². The van der Waals surface area contributed by atoms with Crippen LogP contribution in [-0.4, -0.2) is 46.8 Å². The van der Waals surface area contributed by atoms with E-state index in [9.17, 15) is 18.8 Å². The summed E-state index contributed by atoms with van der Waals surface area (Å²) in [7, 11) is 0. The molecule has 0 spiro atoms. The van der Waals surface area contributed by atoms with Gasteiger partial charge in [-0.3, -0.25) is 14.5 Å². The van der Waals surface area contributed by atoms with Crippen LogP contribution >= 0.6 is 0 Å². The number of nitrogens with zero attached hydrogens (tertiary/aromatic N) is 2. The van der Waals surface area contributed by atoms with E-state index in [1.807, 2.05) is 18.7 Å². The van der Waals surface area contributed by atoms with Crippen LogP contribution in [-0.2, 0) is 15.1 Å². The maximum absolute atomic E-state index is 13.4. The summed E-state index contributed by atoms with van der Waals surface area (Å²) in [6.07, 6.45) is 7.29. The highest BCUT2D eigenvalue weighted by Gasteiger charge is 2.52. The second kappa shape index (κ2) is 9.58. The highest BCUT2D eigenvalue weighted by molar-refractivity contribution is 6.09. The minimum Gasteiger partial charge on any atom is -0.338 e. The van der Waals surface area contributed by atoms with E-state index in [0.717, 1.165) is 37.0 Å². The molecule has 1 aliphatic heterocycles. The predicted octanol–water partition coefficient (Wildman–Crippen LogP) is 3.94. The lowest BCUT2D eigenvalue weighted by Crippen LogP contribution is -2.48. The van der Waals surface area contributed by atoms with E-state index >= 15 is 0 Å². The van der Waals surface area contributed by atoms with Gasteiger partial charge in [-0.15, -0.1) is 0 Å². The number of unbranched alkanes of at least 4 members (excludes halogenated alkanes) is 1. The lowest BCUT2D eigenvalue weighted by Gasteiger charge is -2.34. The molecule has 1 saturated heterocycles. The molecule has 6 nitrogen and oxygen atoms in total. The summed E-state index contributed by atoms with van der Waals surface area (Å²) in [5.41, 5.74) is -0.701. The second-order valence-corrected chi connectivity index (χ2v) is 8.31. The van der Waals surface area contributed by atoms with Crippen LogP contribution in [0.15, 0.2) is 24.3 Å². The number of halogens is 1. The van der Waals surface area contributed by atoms with Crippen LogP contribution in [0.3, 0.4) is 0 Å². The molecule has 1 aromatic carbocycles. The first kappa shape index (κ1) is 22.2. The molecule has 1 aromatic rings. The SMILES string of the molecule is CCCC[C@@]1(c2ccc(F)cc2)NC(=O)N(CC(=O)N(CC)C2CCCCC2)C1=O. The smallest absolute Gasteiger partial charge is 0.325 e. The third-order valence-corrected chi connectivity index (χ3v) is 6.39. The van der Waals surface area contributed by atoms with E-state index in [1.165, 1.54) is 30.7 Å². The topological polar surface area (TPSA) is 69.7 Å². The molecular formula is C23H32FN3O3. The van der Waals surface area contributed by atoms with E-state index in [4.69, 9.17) is 0 Å². The number of hydrogen-bond acceptors (Lipinski definition) is 3. The number of urea groups is 1.